The Labute approximate surface area is 185 Å². The fourth-order valence-electron chi connectivity index (χ4n) is 3.86. The Morgan fingerprint density at radius 3 is 2.16 bits per heavy atom. The molecule has 1 aromatic heterocycles. The number of carboxylic acid groups (broad SMARTS) is 2. The Morgan fingerprint density at radius 1 is 1.06 bits per heavy atom. The average molecular weight is 444 g/mol. The number of allylic oxidation sites excluding steroid dienone is 1. The molecule has 9 nitrogen and oxygen atoms in total. The van der Waals surface area contributed by atoms with Crippen LogP contribution < -0.4 is 5.43 Å². The molecule has 0 aliphatic carbocycles. The van der Waals surface area contributed by atoms with Crippen LogP contribution in [0.4, 0.5) is 0 Å². The molecule has 0 atom stereocenters. The van der Waals surface area contributed by atoms with Crippen LogP contribution in [0.5, 0.6) is 5.75 Å². The van der Waals surface area contributed by atoms with Crippen LogP contribution in [0.2, 0.25) is 0 Å². The minimum Gasteiger partial charge on any atom is -0.502 e. The van der Waals surface area contributed by atoms with Crippen molar-refractivity contribution in [1.29, 1.82) is 0 Å². The average Bonchev–Trinajstić information content (AvgIpc) is 2.75. The van der Waals surface area contributed by atoms with Crippen molar-refractivity contribution in [2.45, 2.75) is 47.1 Å². The number of hydrogen-bond donors (Lipinski definition) is 3. The van der Waals surface area contributed by atoms with E-state index in [2.05, 4.69) is 0 Å². The minimum atomic E-state index is -1.43. The number of carboxylic acids is 2. The first-order valence-electron chi connectivity index (χ1n) is 10.5. The molecule has 2 aromatic rings. The zero-order valence-electron chi connectivity index (χ0n) is 18.6. The summed E-state index contributed by atoms with van der Waals surface area (Å²) in [5.41, 5.74) is -0.544. The van der Waals surface area contributed by atoms with Gasteiger partial charge in [-0.1, -0.05) is 13.3 Å². The van der Waals surface area contributed by atoms with Gasteiger partial charge in [-0.25, -0.2) is 9.59 Å². The molecule has 0 saturated heterocycles. The van der Waals surface area contributed by atoms with E-state index in [1.807, 2.05) is 6.92 Å². The van der Waals surface area contributed by atoms with Crippen LogP contribution in [0.25, 0.3) is 10.9 Å². The van der Waals surface area contributed by atoms with Crippen LogP contribution >= 0.6 is 0 Å². The van der Waals surface area contributed by atoms with E-state index in [0.29, 0.717) is 37.0 Å². The van der Waals surface area contributed by atoms with Crippen LogP contribution in [0.1, 0.15) is 60.5 Å². The number of likely N-dealkylation sites (N-methyl/N-ethyl adjacent to an activating group) is 1. The second-order valence-corrected chi connectivity index (χ2v) is 7.23. The van der Waals surface area contributed by atoms with Crippen molar-refractivity contribution in [1.82, 2.24) is 9.47 Å². The van der Waals surface area contributed by atoms with Crippen molar-refractivity contribution in [3.63, 3.8) is 0 Å². The molecule has 0 radical (unpaired) electrons. The molecule has 0 aliphatic rings. The molecule has 3 N–H and O–H groups in total. The largest absolute Gasteiger partial charge is 0.502 e. The maximum atomic E-state index is 13.0. The number of hydrogen-bond acceptors (Lipinski definition) is 6. The fourth-order valence-corrected chi connectivity index (χ4v) is 3.86. The van der Waals surface area contributed by atoms with Crippen LogP contribution in [-0.2, 0) is 17.8 Å². The fraction of sp³-hybridized carbons (Fsp3) is 0.391. The van der Waals surface area contributed by atoms with Gasteiger partial charge in [-0.05, 0) is 44.9 Å². The summed E-state index contributed by atoms with van der Waals surface area (Å²) in [6, 6.07) is 2.84. The zero-order valence-corrected chi connectivity index (χ0v) is 18.6. The van der Waals surface area contributed by atoms with Crippen LogP contribution in [0.3, 0.4) is 0 Å². The van der Waals surface area contributed by atoms with Gasteiger partial charge >= 0.3 is 11.9 Å². The number of benzene rings is 1. The number of aromatic carboxylic acids is 1. The highest BCUT2D eigenvalue weighted by molar-refractivity contribution is 6.10. The van der Waals surface area contributed by atoms with Crippen molar-refractivity contribution in [3.05, 3.63) is 50.9 Å². The number of aromatic hydroxyl groups is 1. The number of carbonyl (C=O) groups is 3. The summed E-state index contributed by atoms with van der Waals surface area (Å²) in [6.07, 6.45) is 2.13. The van der Waals surface area contributed by atoms with Gasteiger partial charge in [0.2, 0.25) is 5.43 Å². The molecule has 0 amide bonds. The Kier molecular flexibility index (Phi) is 7.80. The first kappa shape index (κ1) is 24.6. The van der Waals surface area contributed by atoms with Crippen molar-refractivity contribution in [3.8, 4) is 5.75 Å². The lowest BCUT2D eigenvalue weighted by Gasteiger charge is -2.21. The smallest absolute Gasteiger partial charge is 0.356 e. The van der Waals surface area contributed by atoms with Crippen molar-refractivity contribution < 1.29 is 29.7 Å². The van der Waals surface area contributed by atoms with Gasteiger partial charge in [0, 0.05) is 31.3 Å². The topological polar surface area (TPSA) is 137 Å². The summed E-state index contributed by atoms with van der Waals surface area (Å²) in [5, 5.41) is 29.4. The van der Waals surface area contributed by atoms with Crippen LogP contribution in [0.15, 0.2) is 28.7 Å². The maximum Gasteiger partial charge on any atom is 0.356 e. The molecule has 172 valence electrons. The Bertz CT molecular complexity index is 1160. The summed E-state index contributed by atoms with van der Waals surface area (Å²) in [7, 11) is 0. The van der Waals surface area contributed by atoms with Gasteiger partial charge < -0.3 is 24.8 Å². The van der Waals surface area contributed by atoms with Gasteiger partial charge in [0.15, 0.2) is 17.2 Å². The number of ketones is 1. The van der Waals surface area contributed by atoms with E-state index in [1.54, 1.807) is 26.8 Å². The lowest BCUT2D eigenvalue weighted by atomic mass is 9.97. The molecule has 0 aliphatic heterocycles. The highest BCUT2D eigenvalue weighted by Gasteiger charge is 2.24. The minimum absolute atomic E-state index is 0.0109. The Morgan fingerprint density at radius 2 is 1.69 bits per heavy atom. The third kappa shape index (κ3) is 4.51. The predicted molar refractivity (Wildman–Crippen MR) is 119 cm³/mol. The normalized spacial score (nSPS) is 11.6. The standard InChI is InChI=1S/C23H28N2O7/c1-5-9-13-10-14(17(26)12-16(22(29)30)24(6-2)7-3)11-15-18(13)25(8-4)19(23(31)32)21(28)20(15)27/h10-12,28H,5-9H2,1-4H3,(H,29,30)(H,31,32). The summed E-state index contributed by atoms with van der Waals surface area (Å²) >= 11 is 0. The van der Waals surface area contributed by atoms with Crippen molar-refractivity contribution >= 4 is 28.6 Å². The molecule has 0 unspecified atom stereocenters. The molecular weight excluding hydrogens is 416 g/mol. The molecule has 1 heterocycles. The number of nitrogens with zero attached hydrogens (tertiary/aromatic N) is 2. The maximum absolute atomic E-state index is 13.0. The number of aromatic nitrogens is 1. The zero-order chi connectivity index (χ0) is 24.2. The molecule has 0 bridgehead atoms. The number of aliphatic carboxylic acids is 1. The third-order valence-corrected chi connectivity index (χ3v) is 5.33. The van der Waals surface area contributed by atoms with Crippen LogP contribution in [-0.4, -0.2) is 55.6 Å². The van der Waals surface area contributed by atoms with Gasteiger partial charge in [-0.2, -0.15) is 0 Å². The molecule has 32 heavy (non-hydrogen) atoms. The number of carbonyl (C=O) groups excluding carboxylic acids is 1. The molecular formula is C23H28N2O7. The number of pyridine rings is 1. The van der Waals surface area contributed by atoms with Gasteiger partial charge in [-0.15, -0.1) is 0 Å². The first-order chi connectivity index (χ1) is 15.1. The van der Waals surface area contributed by atoms with Crippen molar-refractivity contribution in [2.24, 2.45) is 0 Å². The predicted octanol–water partition coefficient (Wildman–Crippen LogP) is 2.87. The van der Waals surface area contributed by atoms with E-state index >= 15 is 0 Å². The van der Waals surface area contributed by atoms with Gasteiger partial charge in [0.05, 0.1) is 10.9 Å². The van der Waals surface area contributed by atoms with E-state index < -0.39 is 34.6 Å². The summed E-state index contributed by atoms with van der Waals surface area (Å²) in [4.78, 5) is 50.7. The molecule has 0 fully saturated rings. The number of aryl methyl sites for hydroxylation is 2. The van der Waals surface area contributed by atoms with E-state index in [1.165, 1.54) is 15.5 Å². The molecule has 9 heteroatoms. The lowest BCUT2D eigenvalue weighted by molar-refractivity contribution is -0.134. The van der Waals surface area contributed by atoms with E-state index in [0.717, 1.165) is 6.08 Å². The molecule has 0 saturated carbocycles. The summed E-state index contributed by atoms with van der Waals surface area (Å²) < 4.78 is 1.35. The van der Waals surface area contributed by atoms with Gasteiger partial charge in [-0.3, -0.25) is 9.59 Å². The summed E-state index contributed by atoms with van der Waals surface area (Å²) in [5.74, 6) is -4.17. The quantitative estimate of drug-likeness (QED) is 0.376. The molecule has 0 spiro atoms. The Hall–Kier alpha value is -3.62. The highest BCUT2D eigenvalue weighted by Crippen LogP contribution is 2.27. The summed E-state index contributed by atoms with van der Waals surface area (Å²) in [6.45, 7) is 8.11. The second kappa shape index (κ2) is 10.1. The number of fused-ring (bicyclic) bond motifs is 1. The third-order valence-electron chi connectivity index (χ3n) is 5.33. The second-order valence-electron chi connectivity index (χ2n) is 7.23. The van der Waals surface area contributed by atoms with E-state index in [9.17, 15) is 34.5 Å². The van der Waals surface area contributed by atoms with E-state index in [-0.39, 0.29) is 23.2 Å². The number of rotatable bonds is 10. The first-order valence-corrected chi connectivity index (χ1v) is 10.5. The van der Waals surface area contributed by atoms with Crippen LogP contribution in [0, 0.1) is 0 Å². The molecule has 2 rings (SSSR count). The van der Waals surface area contributed by atoms with E-state index in [4.69, 9.17) is 0 Å². The SMILES string of the molecule is CCCc1cc(C(=O)C=C(C(=O)O)N(CC)CC)cc2c(=O)c(O)c(C(=O)O)n(CC)c12. The monoisotopic (exact) mass is 444 g/mol. The highest BCUT2D eigenvalue weighted by atomic mass is 16.4. The Balaban J connectivity index is 2.88. The molecule has 1 aromatic carbocycles. The lowest BCUT2D eigenvalue weighted by Crippen LogP contribution is -2.28. The van der Waals surface area contributed by atoms with Gasteiger partial charge in [0.1, 0.15) is 5.70 Å². The van der Waals surface area contributed by atoms with Crippen molar-refractivity contribution in [2.75, 3.05) is 13.1 Å². The van der Waals surface area contributed by atoms with Gasteiger partial charge in [0.25, 0.3) is 0 Å².